The second kappa shape index (κ2) is 13.4. The van der Waals surface area contributed by atoms with Gasteiger partial charge in [0.2, 0.25) is 5.95 Å². The van der Waals surface area contributed by atoms with E-state index in [4.69, 9.17) is 14.7 Å². The largest absolute Gasteiger partial charge is 0.491 e. The molecular formula is C38H45N12O2P. The molecule has 2 fully saturated rings. The number of anilines is 5. The lowest BCUT2D eigenvalue weighted by Gasteiger charge is -2.43. The number of aryl methyl sites for hydroxylation is 1. The summed E-state index contributed by atoms with van der Waals surface area (Å²) in [5, 5.41) is 13.0. The highest BCUT2D eigenvalue weighted by atomic mass is 31.2. The summed E-state index contributed by atoms with van der Waals surface area (Å²) in [5.41, 5.74) is 8.05. The number of piperidine rings is 1. The average molecular weight is 733 g/mol. The minimum Gasteiger partial charge on any atom is -0.491 e. The molecule has 0 saturated carbocycles. The van der Waals surface area contributed by atoms with Gasteiger partial charge in [0.15, 0.2) is 0 Å². The first-order valence-electron chi connectivity index (χ1n) is 18.4. The zero-order chi connectivity index (χ0) is 36.3. The fraction of sp³-hybridized carbons (Fsp3) is 0.395. The van der Waals surface area contributed by atoms with Crippen molar-refractivity contribution >= 4 is 63.3 Å². The molecule has 0 atom stereocenters. The van der Waals surface area contributed by atoms with Crippen LogP contribution in [0.25, 0.3) is 33.2 Å². The quantitative estimate of drug-likeness (QED) is 0.177. The second-order valence-corrected chi connectivity index (χ2v) is 18.0. The van der Waals surface area contributed by atoms with Gasteiger partial charge < -0.3 is 34.7 Å². The molecule has 0 aliphatic carbocycles. The smallest absolute Gasteiger partial charge is 0.231 e. The SMILES string of the molecule is CN1CCN(C2CCN(c3c(-c4cnn(C)c4)cc(Nc4nc(Nc5ccc6nccnc6c5P(C)(C)=O)c5cc[nH]c5n4)c4c3CCO4)CC2)CC1. The predicted molar refractivity (Wildman–Crippen MR) is 211 cm³/mol. The number of ether oxygens (including phenoxy) is 1. The first-order valence-corrected chi connectivity index (χ1v) is 21.0. The predicted octanol–water partition coefficient (Wildman–Crippen LogP) is 5.19. The summed E-state index contributed by atoms with van der Waals surface area (Å²) < 4.78 is 21.9. The number of nitrogens with one attached hydrogen (secondary N) is 3. The summed E-state index contributed by atoms with van der Waals surface area (Å²) >= 11 is 0. The number of aromatic nitrogens is 7. The number of piperazine rings is 1. The van der Waals surface area contributed by atoms with E-state index < -0.39 is 7.14 Å². The number of benzene rings is 2. The molecule has 2 aromatic carbocycles. The van der Waals surface area contributed by atoms with Crippen molar-refractivity contribution in [2.24, 2.45) is 7.05 Å². The Morgan fingerprint density at radius 3 is 2.53 bits per heavy atom. The summed E-state index contributed by atoms with van der Waals surface area (Å²) in [4.78, 5) is 29.8. The zero-order valence-corrected chi connectivity index (χ0v) is 31.5. The van der Waals surface area contributed by atoms with Crippen LogP contribution in [0.1, 0.15) is 18.4 Å². The number of aromatic amines is 1. The molecule has 0 bridgehead atoms. The summed E-state index contributed by atoms with van der Waals surface area (Å²) in [6, 6.07) is 8.50. The normalized spacial score (nSPS) is 17.4. The molecule has 274 valence electrons. The van der Waals surface area contributed by atoms with Gasteiger partial charge in [-0.2, -0.15) is 15.1 Å². The van der Waals surface area contributed by atoms with Crippen LogP contribution in [0.15, 0.2) is 55.2 Å². The number of likely N-dealkylation sites (N-methyl/N-ethyl adjacent to an activating group) is 1. The Morgan fingerprint density at radius 2 is 1.75 bits per heavy atom. The van der Waals surface area contributed by atoms with Crippen molar-refractivity contribution in [1.82, 2.24) is 44.5 Å². The van der Waals surface area contributed by atoms with Crippen molar-refractivity contribution in [3.05, 3.63) is 60.8 Å². The van der Waals surface area contributed by atoms with E-state index in [2.05, 4.69) is 64.7 Å². The van der Waals surface area contributed by atoms with Gasteiger partial charge in [-0.25, -0.2) is 0 Å². The molecule has 4 aromatic heterocycles. The number of hydrogen-bond donors (Lipinski definition) is 3. The van der Waals surface area contributed by atoms with E-state index in [-0.39, 0.29) is 0 Å². The maximum atomic E-state index is 13.7. The maximum absolute atomic E-state index is 13.7. The van der Waals surface area contributed by atoms with Crippen molar-refractivity contribution in [2.45, 2.75) is 25.3 Å². The lowest BCUT2D eigenvalue weighted by molar-refractivity contribution is 0.0982. The van der Waals surface area contributed by atoms with Gasteiger partial charge in [0, 0.05) is 100 Å². The third kappa shape index (κ3) is 6.38. The van der Waals surface area contributed by atoms with Gasteiger partial charge >= 0.3 is 0 Å². The maximum Gasteiger partial charge on any atom is 0.231 e. The minimum absolute atomic E-state index is 0.399. The van der Waals surface area contributed by atoms with Crippen LogP contribution < -0.4 is 25.6 Å². The van der Waals surface area contributed by atoms with Gasteiger partial charge in [-0.3, -0.25) is 19.5 Å². The average Bonchev–Trinajstić information content (AvgIpc) is 3.93. The lowest BCUT2D eigenvalue weighted by atomic mass is 9.95. The lowest BCUT2D eigenvalue weighted by Crippen LogP contribution is -2.52. The highest BCUT2D eigenvalue weighted by molar-refractivity contribution is 7.71. The Hall–Kier alpha value is -5.04. The Kier molecular flexibility index (Phi) is 8.55. The van der Waals surface area contributed by atoms with Crippen LogP contribution in [0.3, 0.4) is 0 Å². The molecule has 0 spiro atoms. The van der Waals surface area contributed by atoms with E-state index in [0.29, 0.717) is 52.1 Å². The third-order valence-corrected chi connectivity index (χ3v) is 12.4. The van der Waals surface area contributed by atoms with Gasteiger partial charge in [0.25, 0.3) is 0 Å². The van der Waals surface area contributed by atoms with Crippen LogP contribution >= 0.6 is 7.14 Å². The Morgan fingerprint density at radius 1 is 0.943 bits per heavy atom. The summed E-state index contributed by atoms with van der Waals surface area (Å²) in [7, 11) is 1.39. The van der Waals surface area contributed by atoms with E-state index >= 15 is 0 Å². The number of rotatable bonds is 8. The van der Waals surface area contributed by atoms with Crippen molar-refractivity contribution in [3.8, 4) is 16.9 Å². The molecule has 0 unspecified atom stereocenters. The molecule has 2 saturated heterocycles. The highest BCUT2D eigenvalue weighted by Gasteiger charge is 2.33. The van der Waals surface area contributed by atoms with Gasteiger partial charge in [-0.1, -0.05) is 0 Å². The second-order valence-electron chi connectivity index (χ2n) is 14.8. The van der Waals surface area contributed by atoms with Gasteiger partial charge in [0.05, 0.1) is 46.1 Å². The molecule has 6 aromatic rings. The number of H-pyrrole nitrogens is 1. The van der Waals surface area contributed by atoms with Crippen molar-refractivity contribution in [3.63, 3.8) is 0 Å². The molecule has 7 heterocycles. The molecule has 0 radical (unpaired) electrons. The third-order valence-electron chi connectivity index (χ3n) is 10.9. The molecule has 3 N–H and O–H groups in total. The summed E-state index contributed by atoms with van der Waals surface area (Å²) in [6.07, 6.45) is 12.2. The van der Waals surface area contributed by atoms with E-state index in [1.807, 2.05) is 42.3 Å². The number of hydrogen-bond acceptors (Lipinski definition) is 12. The van der Waals surface area contributed by atoms with E-state index in [1.54, 1.807) is 25.7 Å². The van der Waals surface area contributed by atoms with Gasteiger partial charge in [-0.05, 0) is 57.5 Å². The van der Waals surface area contributed by atoms with Crippen LogP contribution in [-0.4, -0.2) is 117 Å². The van der Waals surface area contributed by atoms with Crippen molar-refractivity contribution in [1.29, 1.82) is 0 Å². The molecule has 3 aliphatic rings. The molecule has 0 amide bonds. The molecular weight excluding hydrogens is 687 g/mol. The van der Waals surface area contributed by atoms with Crippen molar-refractivity contribution < 1.29 is 9.30 Å². The van der Waals surface area contributed by atoms with Crippen LogP contribution in [0.4, 0.5) is 28.8 Å². The van der Waals surface area contributed by atoms with Crippen LogP contribution in [0.2, 0.25) is 0 Å². The van der Waals surface area contributed by atoms with Crippen LogP contribution in [0, 0.1) is 0 Å². The summed E-state index contributed by atoms with van der Waals surface area (Å²) in [6.45, 7) is 10.7. The Bertz CT molecular complexity index is 2370. The Labute approximate surface area is 308 Å². The number of fused-ring (bicyclic) bond motifs is 3. The topological polar surface area (TPSA) is 145 Å². The van der Waals surface area contributed by atoms with Gasteiger partial charge in [-0.15, -0.1) is 0 Å². The molecule has 3 aliphatic heterocycles. The fourth-order valence-corrected chi connectivity index (χ4v) is 9.64. The van der Waals surface area contributed by atoms with E-state index in [9.17, 15) is 4.57 Å². The van der Waals surface area contributed by atoms with E-state index in [1.165, 1.54) is 11.3 Å². The highest BCUT2D eigenvalue weighted by Crippen LogP contribution is 2.48. The molecule has 53 heavy (non-hydrogen) atoms. The van der Waals surface area contributed by atoms with Gasteiger partial charge in [0.1, 0.15) is 29.9 Å². The zero-order valence-electron chi connectivity index (χ0n) is 30.6. The molecule has 15 heteroatoms. The van der Waals surface area contributed by atoms with E-state index in [0.717, 1.165) is 86.5 Å². The molecule has 9 rings (SSSR count). The monoisotopic (exact) mass is 732 g/mol. The number of nitrogens with zero attached hydrogens (tertiary/aromatic N) is 9. The molecule has 14 nitrogen and oxygen atoms in total. The van der Waals surface area contributed by atoms with Crippen molar-refractivity contribution in [2.75, 3.05) is 81.8 Å². The minimum atomic E-state index is -2.79. The fourth-order valence-electron chi connectivity index (χ4n) is 8.25. The Balaban J connectivity index is 1.08. The summed E-state index contributed by atoms with van der Waals surface area (Å²) in [5.74, 6) is 1.81. The van der Waals surface area contributed by atoms with Crippen LogP contribution in [-0.2, 0) is 18.0 Å². The van der Waals surface area contributed by atoms with Crippen LogP contribution in [0.5, 0.6) is 5.75 Å². The first-order chi connectivity index (χ1) is 25.7. The standard InChI is InChI=1S/C38H45N12O2P/c1-47-16-18-49(19-17-47)25-8-14-50(15-9-25)33-26-10-20-52-34(26)31(21-28(33)24-22-42-48(2)23-24)44-38-45-36-27(7-11-41-36)37(46-38)43-30-6-5-29-32(40-13-12-39-29)35(30)53(3,4)51/h5-7,11-13,21-23,25H,8-10,14-20H2,1-4H3,(H3,41,43,44,45,46). The first kappa shape index (κ1) is 33.8.